The molecular formula is C21H19F3N8O3. The van der Waals surface area contributed by atoms with Crippen LogP contribution in [0.15, 0.2) is 36.8 Å². The third-order valence-electron chi connectivity index (χ3n) is 5.84. The molecule has 2 amide bonds. The van der Waals surface area contributed by atoms with Crippen LogP contribution in [0.5, 0.6) is 0 Å². The number of rotatable bonds is 4. The predicted octanol–water partition coefficient (Wildman–Crippen LogP) is 2.99. The molecule has 2 aliphatic rings. The molecule has 0 spiro atoms. The second-order valence-corrected chi connectivity index (χ2v) is 7.98. The number of aromatic nitrogens is 5. The van der Waals surface area contributed by atoms with Gasteiger partial charge in [-0.05, 0) is 18.9 Å². The summed E-state index contributed by atoms with van der Waals surface area (Å²) < 4.78 is 46.5. The minimum absolute atomic E-state index is 0.146. The molecule has 2 aliphatic heterocycles. The van der Waals surface area contributed by atoms with E-state index in [0.29, 0.717) is 25.9 Å². The van der Waals surface area contributed by atoms with Gasteiger partial charge in [0.15, 0.2) is 5.69 Å². The number of halogens is 3. The molecule has 35 heavy (non-hydrogen) atoms. The van der Waals surface area contributed by atoms with Crippen LogP contribution in [0, 0.1) is 0 Å². The molecule has 1 saturated heterocycles. The topological polar surface area (TPSA) is 129 Å². The molecule has 11 nitrogen and oxygen atoms in total. The number of aromatic amines is 1. The van der Waals surface area contributed by atoms with E-state index in [-0.39, 0.29) is 24.5 Å². The smallest absolute Gasteiger partial charge is 0.434 e. The SMILES string of the molecule is O=C(Nc1nc[nH]n1)c1cnc(N2CCC(N3C(=O)OCc4ccccc43)CC2)nc1C(F)(F)F. The lowest BCUT2D eigenvalue weighted by molar-refractivity contribution is -0.141. The molecule has 182 valence electrons. The number of carbonyl (C=O) groups excluding carboxylic acids is 2. The normalized spacial score (nSPS) is 16.6. The zero-order valence-corrected chi connectivity index (χ0v) is 18.1. The van der Waals surface area contributed by atoms with Crippen molar-refractivity contribution in [1.82, 2.24) is 25.1 Å². The largest absolute Gasteiger partial charge is 0.444 e. The van der Waals surface area contributed by atoms with Crippen molar-refractivity contribution in [3.8, 4) is 0 Å². The van der Waals surface area contributed by atoms with Crippen molar-refractivity contribution in [2.24, 2.45) is 0 Å². The fourth-order valence-corrected chi connectivity index (χ4v) is 4.19. The first kappa shape index (κ1) is 22.6. The second kappa shape index (κ2) is 8.85. The number of hydrogen-bond donors (Lipinski definition) is 2. The summed E-state index contributed by atoms with van der Waals surface area (Å²) in [5.41, 5.74) is -0.425. The molecule has 0 unspecified atom stereocenters. The van der Waals surface area contributed by atoms with Crippen LogP contribution < -0.4 is 15.1 Å². The number of fused-ring (bicyclic) bond motifs is 1. The number of cyclic esters (lactones) is 1. The van der Waals surface area contributed by atoms with Crippen LogP contribution in [0.2, 0.25) is 0 Å². The number of nitrogens with zero attached hydrogens (tertiary/aromatic N) is 6. The van der Waals surface area contributed by atoms with E-state index in [2.05, 4.69) is 30.5 Å². The number of piperidine rings is 1. The van der Waals surface area contributed by atoms with Crippen LogP contribution in [-0.2, 0) is 17.5 Å². The van der Waals surface area contributed by atoms with Crippen molar-refractivity contribution in [2.75, 3.05) is 28.2 Å². The van der Waals surface area contributed by atoms with Crippen molar-refractivity contribution >= 4 is 29.6 Å². The average molecular weight is 488 g/mol. The maximum Gasteiger partial charge on any atom is 0.434 e. The molecule has 0 aliphatic carbocycles. The highest BCUT2D eigenvalue weighted by molar-refractivity contribution is 6.04. The number of benzene rings is 1. The summed E-state index contributed by atoms with van der Waals surface area (Å²) in [4.78, 5) is 39.4. The molecule has 0 bridgehead atoms. The molecule has 0 saturated carbocycles. The van der Waals surface area contributed by atoms with Crippen LogP contribution in [0.25, 0.3) is 0 Å². The van der Waals surface area contributed by atoms with Gasteiger partial charge in [0, 0.05) is 30.9 Å². The van der Waals surface area contributed by atoms with E-state index >= 15 is 0 Å². The lowest BCUT2D eigenvalue weighted by atomic mass is 10.0. The lowest BCUT2D eigenvalue weighted by Gasteiger charge is -2.40. The van der Waals surface area contributed by atoms with Crippen molar-refractivity contribution in [2.45, 2.75) is 31.7 Å². The van der Waals surface area contributed by atoms with E-state index in [0.717, 1.165) is 17.4 Å². The Balaban J connectivity index is 1.33. The third kappa shape index (κ3) is 4.46. The molecule has 2 aromatic heterocycles. The fraction of sp³-hybridized carbons (Fsp3) is 0.333. The second-order valence-electron chi connectivity index (χ2n) is 7.98. The molecular weight excluding hydrogens is 469 g/mol. The van der Waals surface area contributed by atoms with Gasteiger partial charge in [0.05, 0.1) is 11.3 Å². The minimum atomic E-state index is -4.89. The number of para-hydroxylation sites is 1. The van der Waals surface area contributed by atoms with Crippen LogP contribution in [-0.4, -0.2) is 56.3 Å². The number of hydrogen-bond acceptors (Lipinski definition) is 8. The predicted molar refractivity (Wildman–Crippen MR) is 116 cm³/mol. The number of carbonyl (C=O) groups is 2. The van der Waals surface area contributed by atoms with E-state index in [9.17, 15) is 22.8 Å². The zero-order chi connectivity index (χ0) is 24.6. The van der Waals surface area contributed by atoms with Gasteiger partial charge in [0.2, 0.25) is 11.9 Å². The zero-order valence-electron chi connectivity index (χ0n) is 18.1. The highest BCUT2D eigenvalue weighted by atomic mass is 19.4. The quantitative estimate of drug-likeness (QED) is 0.574. The average Bonchev–Trinajstić information content (AvgIpc) is 3.36. The van der Waals surface area contributed by atoms with Gasteiger partial charge >= 0.3 is 12.3 Å². The van der Waals surface area contributed by atoms with Crippen LogP contribution in [0.1, 0.15) is 34.5 Å². The summed E-state index contributed by atoms with van der Waals surface area (Å²) >= 11 is 0. The Morgan fingerprint density at radius 3 is 2.66 bits per heavy atom. The van der Waals surface area contributed by atoms with Gasteiger partial charge in [-0.25, -0.2) is 19.7 Å². The number of nitrogens with one attached hydrogen (secondary N) is 2. The Labute approximate surface area is 196 Å². The van der Waals surface area contributed by atoms with Crippen LogP contribution >= 0.6 is 0 Å². The Bertz CT molecular complexity index is 1240. The molecule has 5 rings (SSSR count). The monoisotopic (exact) mass is 488 g/mol. The summed E-state index contributed by atoms with van der Waals surface area (Å²) in [6, 6.07) is 7.25. The van der Waals surface area contributed by atoms with Gasteiger partial charge < -0.3 is 9.64 Å². The first-order valence-electron chi connectivity index (χ1n) is 10.7. The molecule has 0 radical (unpaired) electrons. The molecule has 1 aromatic carbocycles. The van der Waals surface area contributed by atoms with E-state index in [1.807, 2.05) is 24.3 Å². The number of alkyl halides is 3. The Kier molecular flexibility index (Phi) is 5.70. The molecule has 3 aromatic rings. The summed E-state index contributed by atoms with van der Waals surface area (Å²) in [6.07, 6.45) is -2.37. The van der Waals surface area contributed by atoms with Crippen LogP contribution in [0.4, 0.5) is 35.5 Å². The first-order chi connectivity index (χ1) is 16.8. The maximum atomic E-state index is 13.7. The molecule has 0 atom stereocenters. The van der Waals surface area contributed by atoms with E-state index in [4.69, 9.17) is 4.74 Å². The van der Waals surface area contributed by atoms with Crippen molar-refractivity contribution in [3.63, 3.8) is 0 Å². The first-order valence-corrected chi connectivity index (χ1v) is 10.7. The van der Waals surface area contributed by atoms with Gasteiger partial charge in [0.25, 0.3) is 5.91 Å². The summed E-state index contributed by atoms with van der Waals surface area (Å²) in [6.45, 7) is 0.835. The number of anilines is 3. The van der Waals surface area contributed by atoms with Gasteiger partial charge in [-0.3, -0.25) is 20.1 Å². The van der Waals surface area contributed by atoms with E-state index in [1.54, 1.807) is 9.80 Å². The van der Waals surface area contributed by atoms with Crippen LogP contribution in [0.3, 0.4) is 0 Å². The highest BCUT2D eigenvalue weighted by Gasteiger charge is 2.40. The summed E-state index contributed by atoms with van der Waals surface area (Å²) in [7, 11) is 0. The fourth-order valence-electron chi connectivity index (χ4n) is 4.19. The van der Waals surface area contributed by atoms with Crippen molar-refractivity contribution < 1.29 is 27.5 Å². The molecule has 2 N–H and O–H groups in total. The van der Waals surface area contributed by atoms with Gasteiger partial charge in [0.1, 0.15) is 12.9 Å². The van der Waals surface area contributed by atoms with Crippen molar-refractivity contribution in [1.29, 1.82) is 0 Å². The van der Waals surface area contributed by atoms with Crippen molar-refractivity contribution in [3.05, 3.63) is 53.6 Å². The number of amides is 2. The minimum Gasteiger partial charge on any atom is -0.444 e. The standard InChI is InChI=1S/C21H19F3N8O3/c22-21(23,24)16-14(17(33)29-18-26-11-27-30-18)9-25-19(28-16)31-7-5-13(6-8-31)32-15-4-2-1-3-12(15)10-35-20(32)34/h1-4,9,11,13H,5-8,10H2,(H2,26,27,29,30,33). The Morgan fingerprint density at radius 2 is 1.94 bits per heavy atom. The Hall–Kier alpha value is -4.23. The Morgan fingerprint density at radius 1 is 1.17 bits per heavy atom. The van der Waals surface area contributed by atoms with Gasteiger partial charge in [-0.2, -0.15) is 13.2 Å². The van der Waals surface area contributed by atoms with E-state index < -0.39 is 29.4 Å². The molecule has 14 heteroatoms. The summed E-state index contributed by atoms with van der Waals surface area (Å²) in [5, 5.41) is 8.11. The van der Waals surface area contributed by atoms with E-state index in [1.165, 1.54) is 6.33 Å². The third-order valence-corrected chi connectivity index (χ3v) is 5.84. The number of H-pyrrole nitrogens is 1. The summed E-state index contributed by atoms with van der Waals surface area (Å²) in [5.74, 6) is -1.40. The molecule has 4 heterocycles. The highest BCUT2D eigenvalue weighted by Crippen LogP contribution is 2.34. The lowest BCUT2D eigenvalue weighted by Crippen LogP contribution is -2.49. The van der Waals surface area contributed by atoms with Gasteiger partial charge in [-0.1, -0.05) is 18.2 Å². The molecule has 1 fully saturated rings. The maximum absolute atomic E-state index is 13.7. The number of ether oxygens (including phenoxy) is 1. The van der Waals surface area contributed by atoms with Gasteiger partial charge in [-0.15, -0.1) is 5.10 Å².